The second-order valence-electron chi connectivity index (χ2n) is 4.04. The molecule has 0 aliphatic heterocycles. The lowest BCUT2D eigenvalue weighted by Crippen LogP contribution is -2.08. The van der Waals surface area contributed by atoms with E-state index in [4.69, 9.17) is 20.4 Å². The number of hydrogen-bond acceptors (Lipinski definition) is 4. The molecule has 0 heterocycles. The first-order chi connectivity index (χ1) is 10.8. The molecule has 2 aromatic rings. The van der Waals surface area contributed by atoms with Gasteiger partial charge in [-0.15, -0.1) is 0 Å². The van der Waals surface area contributed by atoms with Crippen LogP contribution in [0.1, 0.15) is 26.3 Å². The Morgan fingerprint density at radius 1 is 0.957 bits per heavy atom. The molecule has 0 aliphatic carbocycles. The third kappa shape index (κ3) is 7.31. The number of nitrogens with one attached hydrogen (secondary N) is 1. The molecule has 0 spiro atoms. The van der Waals surface area contributed by atoms with Crippen molar-refractivity contribution in [3.63, 3.8) is 0 Å². The van der Waals surface area contributed by atoms with E-state index in [1.54, 1.807) is 0 Å². The van der Waals surface area contributed by atoms with Crippen molar-refractivity contribution in [2.24, 2.45) is 0 Å². The molecule has 3 N–H and O–H groups in total. The summed E-state index contributed by atoms with van der Waals surface area (Å²) < 4.78 is 13.2. The van der Waals surface area contributed by atoms with Crippen LogP contribution in [0.25, 0.3) is 0 Å². The van der Waals surface area contributed by atoms with E-state index < -0.39 is 28.9 Å². The molecule has 2 aromatic carbocycles. The highest BCUT2D eigenvalue weighted by molar-refractivity contribution is 5.94. The minimum Gasteiger partial charge on any atom is -0.478 e. The van der Waals surface area contributed by atoms with E-state index in [2.05, 4.69) is 0 Å². The summed E-state index contributed by atoms with van der Waals surface area (Å²) in [4.78, 5) is 29.4. The molecule has 2 rings (SSSR count). The molecule has 0 amide bonds. The Bertz CT molecular complexity index is 633. The largest absolute Gasteiger partial charge is 0.478 e. The standard InChI is InChI=1S/C9H7FO4.C6H6.CHNO/c1-4-2-5(8(11)12)7(10)6(3-4)9(13)14;1-2-4-6-5-3-1;2-1-3/h2-3H,1H3,(H,11,12)(H,13,14);1-6H;2H. The van der Waals surface area contributed by atoms with E-state index >= 15 is 0 Å². The lowest BCUT2D eigenvalue weighted by atomic mass is 10.1. The Balaban J connectivity index is 0.000000442. The molecule has 0 radical (unpaired) electrons. The van der Waals surface area contributed by atoms with Crippen molar-refractivity contribution < 1.29 is 29.0 Å². The second kappa shape index (κ2) is 10.4. The zero-order valence-corrected chi connectivity index (χ0v) is 12.1. The molecule has 0 saturated heterocycles. The first kappa shape index (κ1) is 19.7. The fourth-order valence-corrected chi connectivity index (χ4v) is 1.46. The van der Waals surface area contributed by atoms with Crippen molar-refractivity contribution in [2.75, 3.05) is 0 Å². The van der Waals surface area contributed by atoms with Gasteiger partial charge >= 0.3 is 11.9 Å². The van der Waals surface area contributed by atoms with Crippen molar-refractivity contribution in [3.8, 4) is 0 Å². The van der Waals surface area contributed by atoms with Crippen LogP contribution in [-0.4, -0.2) is 28.2 Å². The quantitative estimate of drug-likeness (QED) is 0.581. The molecular weight excluding hydrogens is 305 g/mol. The van der Waals surface area contributed by atoms with Gasteiger partial charge in [0, 0.05) is 0 Å². The molecular formula is C16H14FNO5. The van der Waals surface area contributed by atoms with E-state index in [0.29, 0.717) is 5.56 Å². The molecule has 6 nitrogen and oxygen atoms in total. The average Bonchev–Trinajstić information content (AvgIpc) is 2.52. The molecule has 0 atom stereocenters. The van der Waals surface area contributed by atoms with Crippen LogP contribution in [-0.2, 0) is 4.79 Å². The first-order valence-electron chi connectivity index (χ1n) is 6.15. The third-order valence-corrected chi connectivity index (χ3v) is 2.34. The number of isocyanates is 1. The van der Waals surface area contributed by atoms with Crippen LogP contribution in [0.2, 0.25) is 0 Å². The lowest BCUT2D eigenvalue weighted by molar-refractivity contribution is 0.0687. The molecule has 0 bridgehead atoms. The van der Waals surface area contributed by atoms with Gasteiger partial charge in [-0.05, 0) is 24.6 Å². The van der Waals surface area contributed by atoms with E-state index in [0.717, 1.165) is 18.2 Å². The van der Waals surface area contributed by atoms with Gasteiger partial charge in [0.15, 0.2) is 5.82 Å². The molecule has 0 aliphatic rings. The highest BCUT2D eigenvalue weighted by atomic mass is 19.1. The van der Waals surface area contributed by atoms with Crippen LogP contribution in [0.3, 0.4) is 0 Å². The number of carboxylic acids is 2. The number of halogens is 1. The van der Waals surface area contributed by atoms with E-state index in [1.807, 2.05) is 36.4 Å². The number of carboxylic acid groups (broad SMARTS) is 2. The van der Waals surface area contributed by atoms with Crippen molar-refractivity contribution in [3.05, 3.63) is 71.0 Å². The van der Waals surface area contributed by atoms with Crippen molar-refractivity contribution >= 4 is 18.0 Å². The zero-order valence-electron chi connectivity index (χ0n) is 12.1. The minimum atomic E-state index is -1.48. The number of rotatable bonds is 2. The number of carbonyl (C=O) groups excluding carboxylic acids is 1. The highest BCUT2D eigenvalue weighted by Crippen LogP contribution is 2.16. The summed E-state index contributed by atoms with van der Waals surface area (Å²) in [5.41, 5.74) is -0.856. The third-order valence-electron chi connectivity index (χ3n) is 2.34. The Morgan fingerprint density at radius 2 is 1.22 bits per heavy atom. The number of hydrogen-bond donors (Lipinski definition) is 3. The fraction of sp³-hybridized carbons (Fsp3) is 0.0625. The molecule has 0 unspecified atom stereocenters. The molecule has 7 heteroatoms. The summed E-state index contributed by atoms with van der Waals surface area (Å²) in [6.45, 7) is 1.50. The van der Waals surface area contributed by atoms with Crippen LogP contribution in [0, 0.1) is 18.2 Å². The monoisotopic (exact) mass is 319 g/mol. The number of aryl methyl sites for hydroxylation is 1. The van der Waals surface area contributed by atoms with Gasteiger partial charge in [-0.1, -0.05) is 36.4 Å². The smallest absolute Gasteiger partial charge is 0.338 e. The predicted molar refractivity (Wildman–Crippen MR) is 79.9 cm³/mol. The van der Waals surface area contributed by atoms with Crippen LogP contribution in [0.5, 0.6) is 0 Å². The Hall–Kier alpha value is -3.31. The molecule has 120 valence electrons. The summed E-state index contributed by atoms with van der Waals surface area (Å²) in [5.74, 6) is -4.17. The first-order valence-corrected chi connectivity index (χ1v) is 6.15. The van der Waals surface area contributed by atoms with Crippen LogP contribution in [0.15, 0.2) is 48.5 Å². The van der Waals surface area contributed by atoms with E-state index in [9.17, 15) is 14.0 Å². The second-order valence-corrected chi connectivity index (χ2v) is 4.04. The van der Waals surface area contributed by atoms with Gasteiger partial charge in [0.25, 0.3) is 0 Å². The lowest BCUT2D eigenvalue weighted by Gasteiger charge is -2.03. The summed E-state index contributed by atoms with van der Waals surface area (Å²) in [6.07, 6.45) is 0.750. The van der Waals surface area contributed by atoms with Gasteiger partial charge in [0.2, 0.25) is 6.08 Å². The Labute approximate surface area is 131 Å². The average molecular weight is 319 g/mol. The van der Waals surface area contributed by atoms with Gasteiger partial charge in [-0.3, -0.25) is 0 Å². The van der Waals surface area contributed by atoms with Crippen molar-refractivity contribution in [1.29, 1.82) is 5.41 Å². The maximum Gasteiger partial charge on any atom is 0.338 e. The van der Waals surface area contributed by atoms with Gasteiger partial charge < -0.3 is 10.2 Å². The topological polar surface area (TPSA) is 116 Å². The van der Waals surface area contributed by atoms with Gasteiger partial charge in [-0.2, -0.15) is 0 Å². The Kier molecular flexibility index (Phi) is 8.92. The summed E-state index contributed by atoms with van der Waals surface area (Å²) >= 11 is 0. The van der Waals surface area contributed by atoms with Crippen LogP contribution < -0.4 is 0 Å². The van der Waals surface area contributed by atoms with E-state index in [1.165, 1.54) is 6.92 Å². The molecule has 0 saturated carbocycles. The SMILES string of the molecule is Cc1cc(C(=O)O)c(F)c(C(=O)O)c1.N=C=O.c1ccccc1. The number of benzene rings is 2. The van der Waals surface area contributed by atoms with Crippen LogP contribution in [0.4, 0.5) is 4.39 Å². The number of carbonyl (C=O) groups is 2. The Morgan fingerprint density at radius 3 is 1.43 bits per heavy atom. The minimum absolute atomic E-state index is 0.390. The highest BCUT2D eigenvalue weighted by Gasteiger charge is 2.19. The zero-order chi connectivity index (χ0) is 17.8. The van der Waals surface area contributed by atoms with Gasteiger partial charge in [0.1, 0.15) is 0 Å². The molecule has 0 fully saturated rings. The normalized spacial score (nSPS) is 8.43. The summed E-state index contributed by atoms with van der Waals surface area (Å²) in [6, 6.07) is 14.2. The maximum absolute atomic E-state index is 13.2. The van der Waals surface area contributed by atoms with Gasteiger partial charge in [-0.25, -0.2) is 24.2 Å². The predicted octanol–water partition coefficient (Wildman–Crippen LogP) is 3.12. The van der Waals surface area contributed by atoms with Crippen molar-refractivity contribution in [2.45, 2.75) is 6.92 Å². The fourth-order valence-electron chi connectivity index (χ4n) is 1.46. The van der Waals surface area contributed by atoms with E-state index in [-0.39, 0.29) is 0 Å². The molecule has 23 heavy (non-hydrogen) atoms. The van der Waals surface area contributed by atoms with Crippen molar-refractivity contribution in [1.82, 2.24) is 0 Å². The van der Waals surface area contributed by atoms with Gasteiger partial charge in [0.05, 0.1) is 11.1 Å². The summed E-state index contributed by atoms with van der Waals surface area (Å²) in [7, 11) is 0. The molecule has 0 aromatic heterocycles. The maximum atomic E-state index is 13.2. The number of aromatic carboxylic acids is 2. The van der Waals surface area contributed by atoms with Crippen LogP contribution >= 0.6 is 0 Å². The summed E-state index contributed by atoms with van der Waals surface area (Å²) in [5, 5.41) is 22.5.